The zero-order chi connectivity index (χ0) is 18.0. The van der Waals surface area contributed by atoms with Crippen molar-refractivity contribution in [1.82, 2.24) is 5.06 Å². The maximum atomic E-state index is 12.2. The van der Waals surface area contributed by atoms with Crippen LogP contribution in [-0.4, -0.2) is 37.1 Å². The van der Waals surface area contributed by atoms with Crippen LogP contribution >= 0.6 is 15.9 Å². The molecular weight excluding hydrogens is 398 g/mol. The molecule has 0 bridgehead atoms. The van der Waals surface area contributed by atoms with Crippen molar-refractivity contribution in [3.05, 3.63) is 47.7 Å². The number of hydrogen-bond acceptors (Lipinski definition) is 5. The van der Waals surface area contributed by atoms with Crippen LogP contribution in [0.4, 0.5) is 0 Å². The van der Waals surface area contributed by atoms with Crippen molar-refractivity contribution in [2.45, 2.75) is 17.7 Å². The van der Waals surface area contributed by atoms with Crippen molar-refractivity contribution < 1.29 is 22.2 Å². The van der Waals surface area contributed by atoms with E-state index in [-0.39, 0.29) is 6.42 Å². The van der Waals surface area contributed by atoms with E-state index in [1.807, 2.05) is 19.1 Å². The Kier molecular flexibility index (Phi) is 5.52. The summed E-state index contributed by atoms with van der Waals surface area (Å²) < 4.78 is 32.2. The van der Waals surface area contributed by atoms with Gasteiger partial charge in [-0.3, -0.25) is 4.79 Å². The zero-order valence-corrected chi connectivity index (χ0v) is 15.9. The van der Waals surface area contributed by atoms with E-state index in [0.29, 0.717) is 5.70 Å². The molecule has 0 aromatic heterocycles. The molecule has 1 aliphatic rings. The fourth-order valence-corrected chi connectivity index (χ4v) is 3.08. The van der Waals surface area contributed by atoms with Crippen LogP contribution < -0.4 is 4.74 Å². The number of methoxy groups -OCH3 is 1. The molecular formula is C16H18BrNO5S. The van der Waals surface area contributed by atoms with Gasteiger partial charge in [-0.15, -0.1) is 4.28 Å². The Bertz CT molecular complexity index is 781. The molecule has 1 aromatic rings. The molecule has 1 aromatic carbocycles. The first-order chi connectivity index (χ1) is 11.1. The van der Waals surface area contributed by atoms with Crippen LogP contribution in [0.5, 0.6) is 5.75 Å². The summed E-state index contributed by atoms with van der Waals surface area (Å²) >= 11 is 3.45. The predicted molar refractivity (Wildman–Crippen MR) is 94.8 cm³/mol. The maximum absolute atomic E-state index is 12.2. The number of halogens is 1. The van der Waals surface area contributed by atoms with Crippen molar-refractivity contribution in [2.75, 3.05) is 13.4 Å². The topological polar surface area (TPSA) is 72.9 Å². The van der Waals surface area contributed by atoms with Gasteiger partial charge in [-0.25, -0.2) is 0 Å². The lowest BCUT2D eigenvalue weighted by molar-refractivity contribution is -0.150. The Morgan fingerprint density at radius 2 is 1.88 bits per heavy atom. The van der Waals surface area contributed by atoms with Gasteiger partial charge in [0.1, 0.15) is 5.75 Å². The molecule has 8 heteroatoms. The highest BCUT2D eigenvalue weighted by molar-refractivity contribution is 9.10. The summed E-state index contributed by atoms with van der Waals surface area (Å²) in [6, 6.07) is 7.30. The van der Waals surface area contributed by atoms with E-state index in [1.165, 1.54) is 0 Å². The largest absolute Gasteiger partial charge is 0.497 e. The summed E-state index contributed by atoms with van der Waals surface area (Å²) in [6.45, 7) is 1.82. The van der Waals surface area contributed by atoms with Crippen molar-refractivity contribution in [1.29, 1.82) is 0 Å². The molecule has 1 atom stereocenters. The third-order valence-electron chi connectivity index (χ3n) is 3.18. The molecule has 0 aliphatic carbocycles. The highest BCUT2D eigenvalue weighted by Crippen LogP contribution is 2.33. The summed E-state index contributed by atoms with van der Waals surface area (Å²) in [5.74, 6) is 0.283. The summed E-state index contributed by atoms with van der Waals surface area (Å²) in [4.78, 5) is 12.2. The molecule has 0 N–H and O–H groups in total. The molecule has 0 saturated carbocycles. The van der Waals surface area contributed by atoms with Crippen LogP contribution in [0.3, 0.4) is 0 Å². The van der Waals surface area contributed by atoms with Crippen molar-refractivity contribution >= 4 is 38.0 Å². The SMILES string of the molecule is COc1ccc(C=CC2=CC(C)(Br)CC(=O)N2OS(C)(=O)=O)cc1. The number of alkyl halides is 1. The van der Waals surface area contributed by atoms with Crippen molar-refractivity contribution in [3.8, 4) is 5.75 Å². The maximum Gasteiger partial charge on any atom is 0.285 e. The van der Waals surface area contributed by atoms with Crippen molar-refractivity contribution in [3.63, 3.8) is 0 Å². The highest BCUT2D eigenvalue weighted by atomic mass is 79.9. The molecule has 2 rings (SSSR count). The van der Waals surface area contributed by atoms with Gasteiger partial charge in [0.2, 0.25) is 0 Å². The minimum Gasteiger partial charge on any atom is -0.497 e. The van der Waals surface area contributed by atoms with E-state index in [9.17, 15) is 13.2 Å². The normalized spacial score (nSPS) is 21.9. The number of benzene rings is 1. The molecule has 1 aliphatic heterocycles. The van der Waals surface area contributed by atoms with Crippen LogP contribution in [0.2, 0.25) is 0 Å². The number of carbonyl (C=O) groups excluding carboxylic acids is 1. The monoisotopic (exact) mass is 415 g/mol. The average Bonchev–Trinajstić information content (AvgIpc) is 2.47. The predicted octanol–water partition coefficient (Wildman–Crippen LogP) is 2.87. The zero-order valence-electron chi connectivity index (χ0n) is 13.5. The average molecular weight is 416 g/mol. The second kappa shape index (κ2) is 7.08. The first kappa shape index (κ1) is 18.7. The van der Waals surface area contributed by atoms with Gasteiger partial charge < -0.3 is 4.74 Å². The van der Waals surface area contributed by atoms with Gasteiger partial charge in [-0.2, -0.15) is 13.5 Å². The Morgan fingerprint density at radius 1 is 1.25 bits per heavy atom. The van der Waals surface area contributed by atoms with Gasteiger partial charge in [0, 0.05) is 6.42 Å². The van der Waals surface area contributed by atoms with Gasteiger partial charge in [-0.05, 0) is 36.8 Å². The number of ether oxygens (including phenoxy) is 1. The van der Waals surface area contributed by atoms with E-state index in [1.54, 1.807) is 37.5 Å². The number of nitrogens with zero attached hydrogens (tertiary/aromatic N) is 1. The van der Waals surface area contributed by atoms with Gasteiger partial charge in [0.15, 0.2) is 0 Å². The molecule has 130 valence electrons. The second-order valence-electron chi connectivity index (χ2n) is 5.60. The summed E-state index contributed by atoms with van der Waals surface area (Å²) in [5, 5.41) is 0.804. The standard InChI is InChI=1S/C16H18BrNO5S/c1-16(17)10-13(18(15(19)11-16)23-24(3,20)21)7-4-12-5-8-14(22-2)9-6-12/h4-10H,11H2,1-3H3. The third kappa shape index (κ3) is 5.19. The third-order valence-corrected chi connectivity index (χ3v) is 4.11. The molecule has 0 saturated heterocycles. The molecule has 0 radical (unpaired) electrons. The lowest BCUT2D eigenvalue weighted by atomic mass is 10.0. The van der Waals surface area contributed by atoms with Crippen LogP contribution in [0.1, 0.15) is 18.9 Å². The molecule has 1 amide bonds. The molecule has 0 fully saturated rings. The smallest absolute Gasteiger partial charge is 0.285 e. The van der Waals surface area contributed by atoms with E-state index in [4.69, 9.17) is 9.02 Å². The minimum absolute atomic E-state index is 0.0857. The lowest BCUT2D eigenvalue weighted by Crippen LogP contribution is -2.40. The summed E-state index contributed by atoms with van der Waals surface area (Å²) in [5.41, 5.74) is 1.21. The Morgan fingerprint density at radius 3 is 2.42 bits per heavy atom. The number of rotatable bonds is 5. The van der Waals surface area contributed by atoms with Crippen molar-refractivity contribution in [2.24, 2.45) is 0 Å². The quantitative estimate of drug-likeness (QED) is 0.691. The highest BCUT2D eigenvalue weighted by Gasteiger charge is 2.35. The molecule has 0 spiro atoms. The number of allylic oxidation sites excluding steroid dienone is 2. The fourth-order valence-electron chi connectivity index (χ4n) is 2.16. The van der Waals surface area contributed by atoms with Crippen LogP contribution in [0, 0.1) is 0 Å². The first-order valence-electron chi connectivity index (χ1n) is 7.06. The Hall–Kier alpha value is -1.64. The minimum atomic E-state index is -3.82. The molecule has 1 heterocycles. The van der Waals surface area contributed by atoms with E-state index in [0.717, 1.165) is 22.6 Å². The Balaban J connectivity index is 2.32. The Labute approximate surface area is 150 Å². The number of amides is 1. The second-order valence-corrected chi connectivity index (χ2v) is 8.97. The van der Waals surface area contributed by atoms with Gasteiger partial charge in [0.25, 0.3) is 16.0 Å². The van der Waals surface area contributed by atoms with Gasteiger partial charge in [-0.1, -0.05) is 34.1 Å². The number of hydrogen-bond donors (Lipinski definition) is 0. The summed E-state index contributed by atoms with van der Waals surface area (Å²) in [7, 11) is -2.24. The lowest BCUT2D eigenvalue weighted by Gasteiger charge is -2.31. The van der Waals surface area contributed by atoms with Gasteiger partial charge >= 0.3 is 0 Å². The molecule has 24 heavy (non-hydrogen) atoms. The van der Waals surface area contributed by atoms with Crippen LogP contribution in [0.15, 0.2) is 42.1 Å². The first-order valence-corrected chi connectivity index (χ1v) is 9.67. The molecule has 6 nitrogen and oxygen atoms in total. The van der Waals surface area contributed by atoms with Crippen LogP contribution in [-0.2, 0) is 19.2 Å². The number of hydroxylamine groups is 2. The fraction of sp³-hybridized carbons (Fsp3) is 0.312. The summed E-state index contributed by atoms with van der Waals surface area (Å²) in [6.07, 6.45) is 6.10. The van der Waals surface area contributed by atoms with E-state index in [2.05, 4.69) is 15.9 Å². The van der Waals surface area contributed by atoms with E-state index < -0.39 is 20.3 Å². The molecule has 1 unspecified atom stereocenters. The van der Waals surface area contributed by atoms with Gasteiger partial charge in [0.05, 0.1) is 23.4 Å². The number of carbonyl (C=O) groups is 1. The van der Waals surface area contributed by atoms with E-state index >= 15 is 0 Å². The van der Waals surface area contributed by atoms with Crippen LogP contribution in [0.25, 0.3) is 6.08 Å².